The number of hydrogen-bond donors (Lipinski definition) is 3. The molecule has 0 fully saturated rings. The average molecular weight is 336 g/mol. The van der Waals surface area contributed by atoms with E-state index in [0.717, 1.165) is 12.1 Å². The van der Waals surface area contributed by atoms with E-state index in [1.807, 2.05) is 6.20 Å². The Labute approximate surface area is 140 Å². The van der Waals surface area contributed by atoms with Crippen LogP contribution >= 0.6 is 11.3 Å². The third kappa shape index (κ3) is 5.69. The van der Waals surface area contributed by atoms with Gasteiger partial charge in [0.2, 0.25) is 5.91 Å². The lowest BCUT2D eigenvalue weighted by Crippen LogP contribution is -2.30. The SMILES string of the molecule is CC(C)CC(Nc1cnn(CC(=O)NCCO)c1)c1cccs1. The quantitative estimate of drug-likeness (QED) is 0.656. The summed E-state index contributed by atoms with van der Waals surface area (Å²) in [6.45, 7) is 4.76. The Bertz CT molecular complexity index is 595. The van der Waals surface area contributed by atoms with Crippen molar-refractivity contribution in [3.63, 3.8) is 0 Å². The van der Waals surface area contributed by atoms with E-state index in [-0.39, 0.29) is 31.6 Å². The molecule has 0 saturated heterocycles. The van der Waals surface area contributed by atoms with Gasteiger partial charge in [-0.3, -0.25) is 9.48 Å². The summed E-state index contributed by atoms with van der Waals surface area (Å²) in [6, 6.07) is 4.44. The van der Waals surface area contributed by atoms with Gasteiger partial charge in [-0.25, -0.2) is 0 Å². The van der Waals surface area contributed by atoms with Crippen LogP contribution in [0.3, 0.4) is 0 Å². The number of hydrogen-bond acceptors (Lipinski definition) is 5. The van der Waals surface area contributed by atoms with Gasteiger partial charge in [0.25, 0.3) is 0 Å². The Morgan fingerprint density at radius 2 is 2.30 bits per heavy atom. The molecule has 3 N–H and O–H groups in total. The number of rotatable bonds is 9. The Hall–Kier alpha value is -1.86. The fraction of sp³-hybridized carbons (Fsp3) is 0.500. The molecule has 0 spiro atoms. The smallest absolute Gasteiger partial charge is 0.241 e. The normalized spacial score (nSPS) is 12.3. The maximum Gasteiger partial charge on any atom is 0.241 e. The number of carbonyl (C=O) groups excluding carboxylic acids is 1. The van der Waals surface area contributed by atoms with Crippen LogP contribution in [0, 0.1) is 5.92 Å². The number of nitrogens with one attached hydrogen (secondary N) is 2. The summed E-state index contributed by atoms with van der Waals surface area (Å²) < 4.78 is 1.59. The molecule has 2 aromatic heterocycles. The lowest BCUT2D eigenvalue weighted by atomic mass is 10.0. The molecule has 0 radical (unpaired) electrons. The summed E-state index contributed by atoms with van der Waals surface area (Å²) in [5, 5.41) is 21.1. The van der Waals surface area contributed by atoms with Gasteiger partial charge in [-0.05, 0) is 23.8 Å². The van der Waals surface area contributed by atoms with E-state index in [1.165, 1.54) is 4.88 Å². The van der Waals surface area contributed by atoms with Gasteiger partial charge < -0.3 is 15.7 Å². The summed E-state index contributed by atoms with van der Waals surface area (Å²) >= 11 is 1.74. The maximum absolute atomic E-state index is 11.6. The Kier molecular flexibility index (Phi) is 6.61. The minimum atomic E-state index is -0.161. The molecule has 1 atom stereocenters. The first kappa shape index (κ1) is 17.5. The second kappa shape index (κ2) is 8.69. The highest BCUT2D eigenvalue weighted by Crippen LogP contribution is 2.28. The lowest BCUT2D eigenvalue weighted by molar-refractivity contribution is -0.122. The predicted octanol–water partition coefficient (Wildman–Crippen LogP) is 2.25. The number of nitrogens with zero attached hydrogens (tertiary/aromatic N) is 2. The zero-order chi connectivity index (χ0) is 16.7. The summed E-state index contributed by atoms with van der Waals surface area (Å²) in [4.78, 5) is 12.9. The van der Waals surface area contributed by atoms with Crippen LogP contribution < -0.4 is 10.6 Å². The first-order valence-electron chi connectivity index (χ1n) is 7.78. The third-order valence-corrected chi connectivity index (χ3v) is 4.29. The molecule has 1 amide bonds. The van der Waals surface area contributed by atoms with Crippen LogP contribution in [0.5, 0.6) is 0 Å². The highest BCUT2D eigenvalue weighted by atomic mass is 32.1. The number of aliphatic hydroxyl groups excluding tert-OH is 1. The van der Waals surface area contributed by atoms with Crippen LogP contribution in [-0.2, 0) is 11.3 Å². The van der Waals surface area contributed by atoms with Gasteiger partial charge in [0.1, 0.15) is 6.54 Å². The zero-order valence-electron chi connectivity index (χ0n) is 13.5. The molecule has 2 heterocycles. The molecule has 0 bridgehead atoms. The van der Waals surface area contributed by atoms with E-state index in [2.05, 4.69) is 47.1 Å². The first-order valence-corrected chi connectivity index (χ1v) is 8.66. The first-order chi connectivity index (χ1) is 11.1. The van der Waals surface area contributed by atoms with E-state index < -0.39 is 0 Å². The van der Waals surface area contributed by atoms with Crippen LogP contribution in [0.25, 0.3) is 0 Å². The van der Waals surface area contributed by atoms with Crippen LogP contribution in [0.1, 0.15) is 31.2 Å². The molecule has 2 rings (SSSR count). The molecule has 6 nitrogen and oxygen atoms in total. The van der Waals surface area contributed by atoms with Crippen LogP contribution in [0.4, 0.5) is 5.69 Å². The minimum absolute atomic E-state index is 0.0602. The fourth-order valence-corrected chi connectivity index (χ4v) is 3.12. The van der Waals surface area contributed by atoms with Crippen LogP contribution in [-0.4, -0.2) is 33.9 Å². The topological polar surface area (TPSA) is 79.2 Å². The maximum atomic E-state index is 11.6. The molecule has 0 aliphatic carbocycles. The van der Waals surface area contributed by atoms with E-state index in [4.69, 9.17) is 5.11 Å². The standard InChI is InChI=1S/C16H24N4O2S/c1-12(2)8-14(15-4-3-7-23-15)19-13-9-18-20(10-13)11-16(22)17-5-6-21/h3-4,7,9-10,12,14,19,21H,5-6,8,11H2,1-2H3,(H,17,22). The second-order valence-electron chi connectivity index (χ2n) is 5.84. The Morgan fingerprint density at radius 3 is 2.96 bits per heavy atom. The van der Waals surface area contributed by atoms with Crippen LogP contribution in [0.2, 0.25) is 0 Å². The molecule has 0 aromatic carbocycles. The summed E-state index contributed by atoms with van der Waals surface area (Å²) in [5.41, 5.74) is 0.902. The fourth-order valence-electron chi connectivity index (χ4n) is 2.33. The average Bonchev–Trinajstić information content (AvgIpc) is 3.15. The minimum Gasteiger partial charge on any atom is -0.395 e. The van der Waals surface area contributed by atoms with E-state index in [0.29, 0.717) is 5.92 Å². The van der Waals surface area contributed by atoms with Gasteiger partial charge in [-0.15, -0.1) is 11.3 Å². The van der Waals surface area contributed by atoms with Crippen molar-refractivity contribution in [3.05, 3.63) is 34.8 Å². The predicted molar refractivity (Wildman–Crippen MR) is 92.5 cm³/mol. The van der Waals surface area contributed by atoms with Crippen molar-refractivity contribution in [1.82, 2.24) is 15.1 Å². The van der Waals surface area contributed by atoms with Crippen molar-refractivity contribution in [2.24, 2.45) is 5.92 Å². The number of aromatic nitrogens is 2. The van der Waals surface area contributed by atoms with Gasteiger partial charge in [-0.1, -0.05) is 19.9 Å². The summed E-state index contributed by atoms with van der Waals surface area (Å²) in [5.74, 6) is 0.416. The van der Waals surface area contributed by atoms with Crippen molar-refractivity contribution in [2.45, 2.75) is 32.9 Å². The van der Waals surface area contributed by atoms with Gasteiger partial charge in [0.05, 0.1) is 24.5 Å². The van der Waals surface area contributed by atoms with E-state index in [1.54, 1.807) is 22.2 Å². The highest BCUT2D eigenvalue weighted by Gasteiger charge is 2.15. The molecule has 2 aromatic rings. The molecule has 23 heavy (non-hydrogen) atoms. The Balaban J connectivity index is 1.97. The van der Waals surface area contributed by atoms with Gasteiger partial charge in [0, 0.05) is 17.6 Å². The van der Waals surface area contributed by atoms with E-state index >= 15 is 0 Å². The summed E-state index contributed by atoms with van der Waals surface area (Å²) in [6.07, 6.45) is 4.60. The van der Waals surface area contributed by atoms with Crippen LogP contribution in [0.15, 0.2) is 29.9 Å². The van der Waals surface area contributed by atoms with Crippen molar-refractivity contribution in [2.75, 3.05) is 18.5 Å². The largest absolute Gasteiger partial charge is 0.395 e. The molecule has 126 valence electrons. The molecule has 0 aliphatic heterocycles. The number of thiophene rings is 1. The highest BCUT2D eigenvalue weighted by molar-refractivity contribution is 7.10. The van der Waals surface area contributed by atoms with Crippen molar-refractivity contribution in [1.29, 1.82) is 0 Å². The molecule has 0 aliphatic rings. The van der Waals surface area contributed by atoms with Gasteiger partial charge in [-0.2, -0.15) is 5.10 Å². The lowest BCUT2D eigenvalue weighted by Gasteiger charge is -2.19. The molecule has 7 heteroatoms. The second-order valence-corrected chi connectivity index (χ2v) is 6.82. The van der Waals surface area contributed by atoms with Crippen molar-refractivity contribution in [3.8, 4) is 0 Å². The number of anilines is 1. The number of amides is 1. The molecular formula is C16H24N4O2S. The molecule has 0 saturated carbocycles. The van der Waals surface area contributed by atoms with Gasteiger partial charge in [0.15, 0.2) is 0 Å². The van der Waals surface area contributed by atoms with Gasteiger partial charge >= 0.3 is 0 Å². The number of aliphatic hydroxyl groups is 1. The van der Waals surface area contributed by atoms with E-state index in [9.17, 15) is 4.79 Å². The zero-order valence-corrected chi connectivity index (χ0v) is 14.3. The monoisotopic (exact) mass is 336 g/mol. The third-order valence-electron chi connectivity index (χ3n) is 3.31. The van der Waals surface area contributed by atoms with Crippen molar-refractivity contribution < 1.29 is 9.90 Å². The van der Waals surface area contributed by atoms with Crippen molar-refractivity contribution >= 4 is 22.9 Å². The molecule has 1 unspecified atom stereocenters. The summed E-state index contributed by atoms with van der Waals surface area (Å²) in [7, 11) is 0. The molecular weight excluding hydrogens is 312 g/mol. The number of carbonyl (C=O) groups is 1. The Morgan fingerprint density at radius 1 is 1.48 bits per heavy atom.